The number of nitrogens with zero attached hydrogens (tertiary/aromatic N) is 1. The molecule has 2 aromatic rings. The van der Waals surface area contributed by atoms with Crippen LogP contribution < -0.4 is 4.43 Å². The first-order valence-electron chi connectivity index (χ1n) is 13.4. The van der Waals surface area contributed by atoms with Crippen molar-refractivity contribution in [3.63, 3.8) is 0 Å². The summed E-state index contributed by atoms with van der Waals surface area (Å²) in [6.45, 7) is 26.5. The van der Waals surface area contributed by atoms with E-state index >= 15 is 0 Å². The minimum absolute atomic E-state index is 0.101. The zero-order chi connectivity index (χ0) is 32.2. The number of carbonyl (C=O) groups excluding carboxylic acids is 5. The monoisotopic (exact) mass is 623 g/mol. The van der Waals surface area contributed by atoms with Crippen LogP contribution in [0.4, 0.5) is 0 Å². The molecule has 0 saturated carbocycles. The van der Waals surface area contributed by atoms with Crippen LogP contribution in [0.25, 0.3) is 0 Å². The average Bonchev–Trinajstić information content (AvgIpc) is 3.23. The Balaban J connectivity index is 0.00000244. The third kappa shape index (κ3) is 14.9. The number of Topliss-reactive ketones (excluding diaryl/α,β-unsaturated/α-hetero) is 1. The molecule has 1 aromatic heterocycles. The van der Waals surface area contributed by atoms with Crippen LogP contribution in [0.5, 0.6) is 5.75 Å². The van der Waals surface area contributed by atoms with E-state index in [9.17, 15) is 4.79 Å². The molecule has 0 aliphatic heterocycles. The summed E-state index contributed by atoms with van der Waals surface area (Å²) >= 11 is 8.41. The first-order valence-corrected chi connectivity index (χ1v) is 17.5. The van der Waals surface area contributed by atoms with Gasteiger partial charge in [0.1, 0.15) is 5.75 Å². The fraction of sp³-hybridized carbons (Fsp3) is 0.581. The first kappa shape index (κ1) is 38.6. The SMILES string of the molecule is CC(C)(C)CN(CC(=O)Cc1ccc(O[Si](C)(C)C(C)(C)C)cc1Cl)Cc1csc(C(C)(C)C)c1.O=C=O.O=C=O. The Morgan fingerprint density at radius 2 is 1.49 bits per heavy atom. The second-order valence-electron chi connectivity index (χ2n) is 13.8. The minimum Gasteiger partial charge on any atom is -0.543 e. The fourth-order valence-corrected chi connectivity index (χ4v) is 5.90. The van der Waals surface area contributed by atoms with Gasteiger partial charge < -0.3 is 4.43 Å². The quantitative estimate of drug-likeness (QED) is 0.266. The standard InChI is InChI=1S/C29H46ClNO2SSi.2CO2/c1-27(2,3)20-31(17-21-14-26(34-19-21)28(4,5)6)18-23(32)15-22-12-13-24(16-25(22)30)33-35(10,11)29(7,8)9;2*2-1-3/h12-14,16,19H,15,17-18,20H2,1-11H3;;. The molecule has 0 fully saturated rings. The Morgan fingerprint density at radius 1 is 0.951 bits per heavy atom. The fourth-order valence-electron chi connectivity index (χ4n) is 3.65. The Bertz CT molecular complexity index is 1180. The van der Waals surface area contributed by atoms with E-state index in [-0.39, 0.29) is 34.0 Å². The van der Waals surface area contributed by atoms with Crippen LogP contribution in [0, 0.1) is 5.41 Å². The summed E-state index contributed by atoms with van der Waals surface area (Å²) in [5.74, 6) is 0.972. The first-order chi connectivity index (χ1) is 18.6. The van der Waals surface area contributed by atoms with Crippen LogP contribution in [-0.2, 0) is 42.4 Å². The van der Waals surface area contributed by atoms with Crippen molar-refractivity contribution in [2.75, 3.05) is 13.1 Å². The van der Waals surface area contributed by atoms with Crippen molar-refractivity contribution in [2.45, 2.75) is 98.8 Å². The minimum atomic E-state index is -1.94. The highest BCUT2D eigenvalue weighted by molar-refractivity contribution is 7.10. The van der Waals surface area contributed by atoms with E-state index in [0.717, 1.165) is 24.4 Å². The second-order valence-corrected chi connectivity index (χ2v) is 19.8. The third-order valence-electron chi connectivity index (χ3n) is 6.49. The average molecular weight is 624 g/mol. The molecule has 0 spiro atoms. The molecule has 1 aromatic carbocycles. The molecule has 2 rings (SSSR count). The van der Waals surface area contributed by atoms with Crippen LogP contribution in [0.15, 0.2) is 29.6 Å². The molecule has 0 aliphatic carbocycles. The van der Waals surface area contributed by atoms with Gasteiger partial charge in [0.25, 0.3) is 0 Å². The summed E-state index contributed by atoms with van der Waals surface area (Å²) in [4.78, 5) is 49.3. The number of halogens is 1. The largest absolute Gasteiger partial charge is 0.543 e. The summed E-state index contributed by atoms with van der Waals surface area (Å²) in [7, 11) is -1.94. The van der Waals surface area contributed by atoms with Crippen LogP contribution in [0.2, 0.25) is 23.2 Å². The molecule has 0 saturated heterocycles. The molecule has 0 atom stereocenters. The zero-order valence-corrected chi connectivity index (χ0v) is 29.0. The van der Waals surface area contributed by atoms with E-state index in [1.54, 1.807) is 0 Å². The summed E-state index contributed by atoms with van der Waals surface area (Å²) < 4.78 is 6.38. The van der Waals surface area contributed by atoms with Gasteiger partial charge in [-0.25, -0.2) is 0 Å². The van der Waals surface area contributed by atoms with Gasteiger partial charge >= 0.3 is 12.3 Å². The number of carbonyl (C=O) groups is 1. The molecule has 0 radical (unpaired) electrons. The highest BCUT2D eigenvalue weighted by Crippen LogP contribution is 2.38. The number of hydrogen-bond acceptors (Lipinski definition) is 8. The molecule has 1 heterocycles. The van der Waals surface area contributed by atoms with Crippen molar-refractivity contribution < 1.29 is 28.4 Å². The van der Waals surface area contributed by atoms with Gasteiger partial charge in [0, 0.05) is 29.4 Å². The van der Waals surface area contributed by atoms with Gasteiger partial charge in [-0.2, -0.15) is 19.2 Å². The van der Waals surface area contributed by atoms with E-state index in [1.807, 2.05) is 29.5 Å². The van der Waals surface area contributed by atoms with Crippen LogP contribution in [-0.4, -0.2) is 44.4 Å². The zero-order valence-electron chi connectivity index (χ0n) is 26.4. The lowest BCUT2D eigenvalue weighted by molar-refractivity contribution is -0.193. The molecule has 7 nitrogen and oxygen atoms in total. The van der Waals surface area contributed by atoms with Crippen LogP contribution in [0.3, 0.4) is 0 Å². The molecular formula is C31H46ClNO6SSi. The van der Waals surface area contributed by atoms with Gasteiger partial charge in [0.15, 0.2) is 5.78 Å². The Hall–Kier alpha value is -2.38. The number of benzene rings is 1. The lowest BCUT2D eigenvalue weighted by Gasteiger charge is -2.36. The molecule has 0 amide bonds. The van der Waals surface area contributed by atoms with Crippen molar-refractivity contribution in [2.24, 2.45) is 5.41 Å². The molecule has 0 unspecified atom stereocenters. The van der Waals surface area contributed by atoms with E-state index in [1.165, 1.54) is 10.4 Å². The van der Waals surface area contributed by atoms with Crippen molar-refractivity contribution in [1.29, 1.82) is 0 Å². The summed E-state index contributed by atoms with van der Waals surface area (Å²) in [5.41, 5.74) is 2.39. The maximum absolute atomic E-state index is 13.1. The van der Waals surface area contributed by atoms with Gasteiger partial charge in [0.2, 0.25) is 8.32 Å². The highest BCUT2D eigenvalue weighted by atomic mass is 35.5. The molecular weight excluding hydrogens is 578 g/mol. The van der Waals surface area contributed by atoms with Crippen LogP contribution in [0.1, 0.15) is 78.3 Å². The smallest absolute Gasteiger partial charge is 0.373 e. The molecule has 0 N–H and O–H groups in total. The van der Waals surface area contributed by atoms with E-state index < -0.39 is 8.32 Å². The van der Waals surface area contributed by atoms with Gasteiger partial charge in [-0.1, -0.05) is 80.0 Å². The van der Waals surface area contributed by atoms with Gasteiger partial charge in [-0.3, -0.25) is 9.69 Å². The summed E-state index contributed by atoms with van der Waals surface area (Å²) in [6, 6.07) is 8.08. The van der Waals surface area contributed by atoms with Crippen LogP contribution >= 0.6 is 22.9 Å². The van der Waals surface area contributed by atoms with Gasteiger partial charge in [-0.15, -0.1) is 11.3 Å². The Kier molecular flexibility index (Phi) is 15.4. The van der Waals surface area contributed by atoms with E-state index in [2.05, 4.69) is 91.8 Å². The molecule has 228 valence electrons. The third-order valence-corrected chi connectivity index (χ3v) is 12.6. The van der Waals surface area contributed by atoms with Crippen molar-refractivity contribution in [3.05, 3.63) is 50.7 Å². The number of ketones is 1. The topological polar surface area (TPSA) is 97.8 Å². The van der Waals surface area contributed by atoms with E-state index in [4.69, 9.17) is 35.2 Å². The predicted molar refractivity (Wildman–Crippen MR) is 166 cm³/mol. The lowest BCUT2D eigenvalue weighted by Crippen LogP contribution is -2.43. The van der Waals surface area contributed by atoms with Gasteiger partial charge in [-0.05, 0) is 63.7 Å². The number of rotatable bonds is 9. The summed E-state index contributed by atoms with van der Waals surface area (Å²) in [6.07, 6.45) is 0.830. The summed E-state index contributed by atoms with van der Waals surface area (Å²) in [5, 5.41) is 2.95. The Morgan fingerprint density at radius 3 is 1.90 bits per heavy atom. The second kappa shape index (κ2) is 16.3. The van der Waals surface area contributed by atoms with Crippen molar-refractivity contribution >= 4 is 49.3 Å². The molecule has 41 heavy (non-hydrogen) atoms. The predicted octanol–water partition coefficient (Wildman–Crippen LogP) is 7.58. The normalized spacial score (nSPS) is 11.8. The maximum atomic E-state index is 13.1. The maximum Gasteiger partial charge on any atom is 0.373 e. The van der Waals surface area contributed by atoms with Crippen molar-refractivity contribution in [3.8, 4) is 5.75 Å². The van der Waals surface area contributed by atoms with Gasteiger partial charge in [0.05, 0.1) is 6.54 Å². The number of thiophene rings is 1. The highest BCUT2D eigenvalue weighted by Gasteiger charge is 2.39. The molecule has 0 aliphatic rings. The molecule has 10 heteroatoms. The molecule has 0 bridgehead atoms. The number of hydrogen-bond donors (Lipinski definition) is 0. The lowest BCUT2D eigenvalue weighted by atomic mass is 9.93. The van der Waals surface area contributed by atoms with Crippen molar-refractivity contribution in [1.82, 2.24) is 4.90 Å². The Labute approximate surface area is 255 Å². The van der Waals surface area contributed by atoms with E-state index in [0.29, 0.717) is 18.0 Å².